The van der Waals surface area contributed by atoms with Crippen LogP contribution in [0.15, 0.2) is 48.5 Å². The summed E-state index contributed by atoms with van der Waals surface area (Å²) >= 11 is 0. The van der Waals surface area contributed by atoms with Crippen molar-refractivity contribution < 1.29 is 9.90 Å². The number of fused-ring (bicyclic) bond motifs is 1. The van der Waals surface area contributed by atoms with Crippen molar-refractivity contribution >= 4 is 6.09 Å². The first-order valence-electron chi connectivity index (χ1n) is 8.05. The first kappa shape index (κ1) is 15.6. The highest BCUT2D eigenvalue weighted by Crippen LogP contribution is 2.22. The van der Waals surface area contributed by atoms with Crippen LogP contribution in [0.2, 0.25) is 0 Å². The van der Waals surface area contributed by atoms with Gasteiger partial charge in [0.15, 0.2) is 0 Å². The monoisotopic (exact) mass is 310 g/mol. The third-order valence-electron chi connectivity index (χ3n) is 4.33. The van der Waals surface area contributed by atoms with E-state index in [1.54, 1.807) is 0 Å². The fourth-order valence-electron chi connectivity index (χ4n) is 3.16. The number of benzene rings is 2. The standard InChI is InChI=1S/C19H22N2O2/c22-19(23)21-18-9-8-16-10-15(6-7-17(16)11-18)13-20-12-14-4-2-1-3-5-14/h1-7,10,18,20-21H,8-9,11-13H2,(H,22,23). The molecule has 2 aromatic rings. The summed E-state index contributed by atoms with van der Waals surface area (Å²) in [6.45, 7) is 1.71. The van der Waals surface area contributed by atoms with E-state index in [9.17, 15) is 4.79 Å². The molecule has 1 atom stereocenters. The van der Waals surface area contributed by atoms with Crippen LogP contribution in [0.1, 0.15) is 28.7 Å². The number of carboxylic acid groups (broad SMARTS) is 1. The van der Waals surface area contributed by atoms with Crippen molar-refractivity contribution in [1.82, 2.24) is 10.6 Å². The lowest BCUT2D eigenvalue weighted by Crippen LogP contribution is -2.37. The van der Waals surface area contributed by atoms with Gasteiger partial charge in [0.25, 0.3) is 0 Å². The predicted molar refractivity (Wildman–Crippen MR) is 90.4 cm³/mol. The number of carbonyl (C=O) groups is 1. The summed E-state index contributed by atoms with van der Waals surface area (Å²) in [5, 5.41) is 14.9. The van der Waals surface area contributed by atoms with Crippen molar-refractivity contribution in [2.45, 2.75) is 38.4 Å². The molecular formula is C19H22N2O2. The van der Waals surface area contributed by atoms with E-state index in [4.69, 9.17) is 5.11 Å². The first-order valence-corrected chi connectivity index (χ1v) is 8.05. The highest BCUT2D eigenvalue weighted by molar-refractivity contribution is 5.65. The second-order valence-corrected chi connectivity index (χ2v) is 6.08. The number of hydrogen-bond acceptors (Lipinski definition) is 2. The van der Waals surface area contributed by atoms with E-state index in [0.29, 0.717) is 0 Å². The minimum Gasteiger partial charge on any atom is -0.465 e. The number of nitrogens with one attached hydrogen (secondary N) is 2. The van der Waals surface area contributed by atoms with Gasteiger partial charge in [0.05, 0.1) is 0 Å². The van der Waals surface area contributed by atoms with E-state index >= 15 is 0 Å². The van der Waals surface area contributed by atoms with E-state index in [1.807, 2.05) is 6.07 Å². The van der Waals surface area contributed by atoms with Crippen molar-refractivity contribution in [3.05, 3.63) is 70.8 Å². The average molecular weight is 310 g/mol. The van der Waals surface area contributed by atoms with Gasteiger partial charge in [-0.15, -0.1) is 0 Å². The Morgan fingerprint density at radius 2 is 1.83 bits per heavy atom. The predicted octanol–water partition coefficient (Wildman–Crippen LogP) is 3.10. The Labute approximate surface area is 136 Å². The third kappa shape index (κ3) is 4.33. The van der Waals surface area contributed by atoms with Crippen LogP contribution in [-0.2, 0) is 25.9 Å². The summed E-state index contributed by atoms with van der Waals surface area (Å²) in [6, 6.07) is 17.0. The maximum atomic E-state index is 10.7. The van der Waals surface area contributed by atoms with Gasteiger partial charge in [0, 0.05) is 19.1 Å². The molecule has 2 aromatic carbocycles. The minimum absolute atomic E-state index is 0.0436. The Morgan fingerprint density at radius 3 is 2.61 bits per heavy atom. The van der Waals surface area contributed by atoms with Crippen LogP contribution in [0.25, 0.3) is 0 Å². The Bertz CT molecular complexity index is 670. The average Bonchev–Trinajstić information content (AvgIpc) is 2.55. The second-order valence-electron chi connectivity index (χ2n) is 6.08. The lowest BCUT2D eigenvalue weighted by molar-refractivity contribution is 0.188. The lowest BCUT2D eigenvalue weighted by atomic mass is 9.87. The molecule has 3 rings (SSSR count). The van der Waals surface area contributed by atoms with Crippen molar-refractivity contribution in [2.24, 2.45) is 0 Å². The first-order chi connectivity index (χ1) is 11.2. The molecule has 3 N–H and O–H groups in total. The molecule has 0 saturated heterocycles. The van der Waals surface area contributed by atoms with Crippen molar-refractivity contribution in [3.63, 3.8) is 0 Å². The Balaban J connectivity index is 1.56. The Morgan fingerprint density at radius 1 is 1.04 bits per heavy atom. The zero-order valence-electron chi connectivity index (χ0n) is 13.1. The lowest BCUT2D eigenvalue weighted by Gasteiger charge is -2.25. The molecular weight excluding hydrogens is 288 g/mol. The maximum Gasteiger partial charge on any atom is 0.404 e. The van der Waals surface area contributed by atoms with Crippen LogP contribution in [-0.4, -0.2) is 17.2 Å². The molecule has 0 aliphatic heterocycles. The summed E-state index contributed by atoms with van der Waals surface area (Å²) in [7, 11) is 0. The summed E-state index contributed by atoms with van der Waals surface area (Å²) < 4.78 is 0. The number of rotatable bonds is 5. The van der Waals surface area contributed by atoms with Gasteiger partial charge in [-0.05, 0) is 41.5 Å². The Hall–Kier alpha value is -2.33. The highest BCUT2D eigenvalue weighted by Gasteiger charge is 2.19. The molecule has 1 aliphatic carbocycles. The molecule has 0 radical (unpaired) electrons. The van der Waals surface area contributed by atoms with Gasteiger partial charge in [-0.25, -0.2) is 4.79 Å². The minimum atomic E-state index is -0.930. The quantitative estimate of drug-likeness (QED) is 0.795. The molecule has 4 heteroatoms. The van der Waals surface area contributed by atoms with Crippen LogP contribution >= 0.6 is 0 Å². The van der Waals surface area contributed by atoms with E-state index < -0.39 is 6.09 Å². The summed E-state index contributed by atoms with van der Waals surface area (Å²) in [5.74, 6) is 0. The van der Waals surface area contributed by atoms with Gasteiger partial charge in [0.1, 0.15) is 0 Å². The number of amides is 1. The fraction of sp³-hybridized carbons (Fsp3) is 0.316. The molecule has 1 amide bonds. The second kappa shape index (κ2) is 7.29. The van der Waals surface area contributed by atoms with Crippen LogP contribution in [0.3, 0.4) is 0 Å². The number of hydrogen-bond donors (Lipinski definition) is 3. The van der Waals surface area contributed by atoms with Gasteiger partial charge in [-0.3, -0.25) is 0 Å². The van der Waals surface area contributed by atoms with Crippen LogP contribution < -0.4 is 10.6 Å². The SMILES string of the molecule is O=C(O)NC1CCc2cc(CNCc3ccccc3)ccc2C1. The topological polar surface area (TPSA) is 61.4 Å². The molecule has 1 aliphatic rings. The van der Waals surface area contributed by atoms with Crippen LogP contribution in [0.5, 0.6) is 0 Å². The molecule has 1 unspecified atom stereocenters. The molecule has 4 nitrogen and oxygen atoms in total. The fourth-order valence-corrected chi connectivity index (χ4v) is 3.16. The zero-order chi connectivity index (χ0) is 16.1. The molecule has 0 fully saturated rings. The normalized spacial score (nSPS) is 16.6. The van der Waals surface area contributed by atoms with Gasteiger partial charge < -0.3 is 15.7 Å². The summed E-state index contributed by atoms with van der Waals surface area (Å²) in [6.07, 6.45) is 1.67. The number of aryl methyl sites for hydroxylation is 1. The largest absolute Gasteiger partial charge is 0.465 e. The maximum absolute atomic E-state index is 10.7. The van der Waals surface area contributed by atoms with E-state index in [1.165, 1.54) is 22.3 Å². The summed E-state index contributed by atoms with van der Waals surface area (Å²) in [4.78, 5) is 10.7. The molecule has 0 aromatic heterocycles. The van der Waals surface area contributed by atoms with Crippen LogP contribution in [0.4, 0.5) is 4.79 Å². The van der Waals surface area contributed by atoms with Crippen molar-refractivity contribution in [3.8, 4) is 0 Å². The van der Waals surface area contributed by atoms with Crippen molar-refractivity contribution in [1.29, 1.82) is 0 Å². The molecule has 0 bridgehead atoms. The van der Waals surface area contributed by atoms with Gasteiger partial charge in [-0.1, -0.05) is 48.5 Å². The van der Waals surface area contributed by atoms with E-state index in [2.05, 4.69) is 53.1 Å². The molecule has 23 heavy (non-hydrogen) atoms. The van der Waals surface area contributed by atoms with Gasteiger partial charge in [-0.2, -0.15) is 0 Å². The van der Waals surface area contributed by atoms with Gasteiger partial charge in [0.2, 0.25) is 0 Å². The molecule has 0 heterocycles. The van der Waals surface area contributed by atoms with Gasteiger partial charge >= 0.3 is 6.09 Å². The van der Waals surface area contributed by atoms with E-state index in [-0.39, 0.29) is 6.04 Å². The van der Waals surface area contributed by atoms with Crippen LogP contribution in [0, 0.1) is 0 Å². The zero-order valence-corrected chi connectivity index (χ0v) is 13.1. The third-order valence-corrected chi connectivity index (χ3v) is 4.33. The summed E-state index contributed by atoms with van der Waals surface area (Å²) in [5.41, 5.74) is 5.19. The molecule has 120 valence electrons. The molecule has 0 saturated carbocycles. The molecule has 0 spiro atoms. The van der Waals surface area contributed by atoms with E-state index in [0.717, 1.165) is 32.4 Å². The smallest absolute Gasteiger partial charge is 0.404 e. The Kier molecular flexibility index (Phi) is 4.93. The van der Waals surface area contributed by atoms with Crippen molar-refractivity contribution in [2.75, 3.05) is 0 Å². The highest BCUT2D eigenvalue weighted by atomic mass is 16.4.